The molecule has 1 aliphatic heterocycles. The summed E-state index contributed by atoms with van der Waals surface area (Å²) in [5, 5.41) is 0.907. The fraction of sp³-hybridized carbons (Fsp3) is 0.545. The molecule has 1 saturated heterocycles. The zero-order chi connectivity index (χ0) is 11.5. The van der Waals surface area contributed by atoms with Gasteiger partial charge in [0.2, 0.25) is 0 Å². The zero-order valence-corrected chi connectivity index (χ0v) is 12.3. The molecular weight excluding hydrogens is 336 g/mol. The van der Waals surface area contributed by atoms with Crippen LogP contribution >= 0.6 is 31.9 Å². The van der Waals surface area contributed by atoms with E-state index in [1.54, 1.807) is 0 Å². The van der Waals surface area contributed by atoms with Crippen molar-refractivity contribution in [2.45, 2.75) is 13.0 Å². The Hall–Kier alpha value is -0.130. The number of alkyl halides is 1. The Morgan fingerprint density at radius 1 is 1.56 bits per heavy atom. The molecule has 1 unspecified atom stereocenters. The number of hydrogen-bond donors (Lipinski definition) is 0. The van der Waals surface area contributed by atoms with E-state index in [0.717, 1.165) is 41.1 Å². The summed E-state index contributed by atoms with van der Waals surface area (Å²) in [6.07, 6.45) is 0. The normalized spacial score (nSPS) is 21.2. The number of aromatic nitrogens is 1. The molecule has 1 aliphatic rings. The molecule has 0 aromatic carbocycles. The molecule has 5 heteroatoms. The summed E-state index contributed by atoms with van der Waals surface area (Å²) in [6.45, 7) is 4.46. The molecular formula is C11H14Br2N2O. The van der Waals surface area contributed by atoms with Crippen molar-refractivity contribution in [1.82, 2.24) is 4.98 Å². The van der Waals surface area contributed by atoms with E-state index in [2.05, 4.69) is 53.9 Å². The average Bonchev–Trinajstić information content (AvgIpc) is 2.32. The maximum absolute atomic E-state index is 5.47. The van der Waals surface area contributed by atoms with E-state index < -0.39 is 0 Å². The third-order valence-corrected chi connectivity index (χ3v) is 4.29. The SMILES string of the molecule is Cc1nc(N2CCOCC2CBr)ccc1Br. The number of hydrogen-bond acceptors (Lipinski definition) is 3. The van der Waals surface area contributed by atoms with Crippen LogP contribution in [0.25, 0.3) is 0 Å². The Morgan fingerprint density at radius 3 is 3.06 bits per heavy atom. The smallest absolute Gasteiger partial charge is 0.129 e. The number of anilines is 1. The van der Waals surface area contributed by atoms with Crippen LogP contribution in [0.1, 0.15) is 5.69 Å². The van der Waals surface area contributed by atoms with Crippen LogP contribution < -0.4 is 4.90 Å². The lowest BCUT2D eigenvalue weighted by molar-refractivity contribution is 0.1000. The van der Waals surface area contributed by atoms with Crippen LogP contribution in [0.4, 0.5) is 5.82 Å². The third kappa shape index (κ3) is 2.57. The van der Waals surface area contributed by atoms with Gasteiger partial charge in [-0.05, 0) is 35.0 Å². The second-order valence-corrected chi connectivity index (χ2v) is 5.31. The van der Waals surface area contributed by atoms with Gasteiger partial charge in [-0.3, -0.25) is 0 Å². The summed E-state index contributed by atoms with van der Waals surface area (Å²) in [7, 11) is 0. The van der Waals surface area contributed by atoms with E-state index in [4.69, 9.17) is 4.74 Å². The number of rotatable bonds is 2. The first-order chi connectivity index (χ1) is 7.72. The first-order valence-electron chi connectivity index (χ1n) is 5.26. The van der Waals surface area contributed by atoms with E-state index in [9.17, 15) is 0 Å². The summed E-state index contributed by atoms with van der Waals surface area (Å²) < 4.78 is 6.53. The molecule has 1 fully saturated rings. The summed E-state index contributed by atoms with van der Waals surface area (Å²) in [6, 6.07) is 4.48. The van der Waals surface area contributed by atoms with Crippen LogP contribution in [-0.2, 0) is 4.74 Å². The summed E-state index contributed by atoms with van der Waals surface area (Å²) in [5.41, 5.74) is 1.03. The monoisotopic (exact) mass is 348 g/mol. The Morgan fingerprint density at radius 2 is 2.38 bits per heavy atom. The minimum absolute atomic E-state index is 0.377. The number of aryl methyl sites for hydroxylation is 1. The lowest BCUT2D eigenvalue weighted by atomic mass is 10.2. The highest BCUT2D eigenvalue weighted by molar-refractivity contribution is 9.10. The van der Waals surface area contributed by atoms with Crippen LogP contribution in [0.2, 0.25) is 0 Å². The van der Waals surface area contributed by atoms with Crippen LogP contribution in [-0.4, -0.2) is 36.1 Å². The molecule has 16 heavy (non-hydrogen) atoms. The number of morpholine rings is 1. The largest absolute Gasteiger partial charge is 0.377 e. The summed E-state index contributed by atoms with van der Waals surface area (Å²) in [5.74, 6) is 1.04. The van der Waals surface area contributed by atoms with Gasteiger partial charge in [-0.25, -0.2) is 4.98 Å². The van der Waals surface area contributed by atoms with E-state index >= 15 is 0 Å². The highest BCUT2D eigenvalue weighted by Gasteiger charge is 2.23. The molecule has 0 radical (unpaired) electrons. The summed E-state index contributed by atoms with van der Waals surface area (Å²) >= 11 is 6.99. The second-order valence-electron chi connectivity index (χ2n) is 3.81. The lowest BCUT2D eigenvalue weighted by Crippen LogP contribution is -2.47. The molecule has 1 aromatic heterocycles. The number of nitrogens with zero attached hydrogens (tertiary/aromatic N) is 2. The van der Waals surface area contributed by atoms with Crippen LogP contribution in [0.5, 0.6) is 0 Å². The zero-order valence-electron chi connectivity index (χ0n) is 9.12. The first kappa shape index (κ1) is 12.3. The fourth-order valence-corrected chi connectivity index (χ4v) is 2.53. The van der Waals surface area contributed by atoms with Gasteiger partial charge in [0.25, 0.3) is 0 Å². The molecule has 1 aromatic rings. The van der Waals surface area contributed by atoms with Crippen molar-refractivity contribution in [2.24, 2.45) is 0 Å². The Balaban J connectivity index is 2.23. The van der Waals surface area contributed by atoms with Gasteiger partial charge in [0, 0.05) is 16.3 Å². The summed E-state index contributed by atoms with van der Waals surface area (Å²) in [4.78, 5) is 6.90. The van der Waals surface area contributed by atoms with Crippen LogP contribution in [0.15, 0.2) is 16.6 Å². The molecule has 2 heterocycles. The maximum Gasteiger partial charge on any atom is 0.129 e. The minimum Gasteiger partial charge on any atom is -0.377 e. The topological polar surface area (TPSA) is 25.4 Å². The fourth-order valence-electron chi connectivity index (χ4n) is 1.78. The van der Waals surface area contributed by atoms with Gasteiger partial charge in [0.1, 0.15) is 5.82 Å². The van der Waals surface area contributed by atoms with Crippen molar-refractivity contribution in [3.05, 3.63) is 22.3 Å². The van der Waals surface area contributed by atoms with E-state index in [-0.39, 0.29) is 0 Å². The number of halogens is 2. The Labute approximate surface area is 112 Å². The Kier molecular flexibility index (Phi) is 4.21. The molecule has 0 aliphatic carbocycles. The van der Waals surface area contributed by atoms with Crippen LogP contribution in [0, 0.1) is 6.92 Å². The average molecular weight is 350 g/mol. The van der Waals surface area contributed by atoms with E-state index in [1.807, 2.05) is 6.92 Å². The van der Waals surface area contributed by atoms with Gasteiger partial charge in [-0.1, -0.05) is 15.9 Å². The van der Waals surface area contributed by atoms with Crippen molar-refractivity contribution >= 4 is 37.7 Å². The lowest BCUT2D eigenvalue weighted by Gasteiger charge is -2.35. The van der Waals surface area contributed by atoms with Crippen molar-refractivity contribution in [3.63, 3.8) is 0 Å². The molecule has 88 valence electrons. The Bertz CT molecular complexity index is 373. The quantitative estimate of drug-likeness (QED) is 0.767. The van der Waals surface area contributed by atoms with Gasteiger partial charge >= 0.3 is 0 Å². The second kappa shape index (κ2) is 5.47. The third-order valence-electron chi connectivity index (χ3n) is 2.71. The number of pyridine rings is 1. The van der Waals surface area contributed by atoms with Gasteiger partial charge in [0.15, 0.2) is 0 Å². The molecule has 0 saturated carbocycles. The molecule has 0 bridgehead atoms. The minimum atomic E-state index is 0.377. The van der Waals surface area contributed by atoms with E-state index in [0.29, 0.717) is 6.04 Å². The van der Waals surface area contributed by atoms with Gasteiger partial charge < -0.3 is 9.64 Å². The van der Waals surface area contributed by atoms with E-state index in [1.165, 1.54) is 0 Å². The highest BCUT2D eigenvalue weighted by atomic mass is 79.9. The predicted molar refractivity (Wildman–Crippen MR) is 72.4 cm³/mol. The molecule has 2 rings (SSSR count). The van der Waals surface area contributed by atoms with Gasteiger partial charge in [0.05, 0.1) is 24.9 Å². The van der Waals surface area contributed by atoms with Crippen LogP contribution in [0.3, 0.4) is 0 Å². The van der Waals surface area contributed by atoms with Crippen molar-refractivity contribution < 1.29 is 4.74 Å². The predicted octanol–water partition coefficient (Wildman–Crippen LogP) is 2.75. The van der Waals surface area contributed by atoms with Gasteiger partial charge in [-0.15, -0.1) is 0 Å². The molecule has 0 N–H and O–H groups in total. The van der Waals surface area contributed by atoms with Gasteiger partial charge in [-0.2, -0.15) is 0 Å². The number of ether oxygens (including phenoxy) is 1. The maximum atomic E-state index is 5.47. The standard InChI is InChI=1S/C11H14Br2N2O/c1-8-10(13)2-3-11(14-8)15-4-5-16-7-9(15)6-12/h2-3,9H,4-7H2,1H3. The molecule has 0 amide bonds. The van der Waals surface area contributed by atoms with Crippen molar-refractivity contribution in [2.75, 3.05) is 30.0 Å². The van der Waals surface area contributed by atoms with Crippen molar-refractivity contribution in [1.29, 1.82) is 0 Å². The molecule has 3 nitrogen and oxygen atoms in total. The highest BCUT2D eigenvalue weighted by Crippen LogP contribution is 2.22. The molecule has 0 spiro atoms. The first-order valence-corrected chi connectivity index (χ1v) is 7.17. The van der Waals surface area contributed by atoms with Crippen molar-refractivity contribution in [3.8, 4) is 0 Å². The molecule has 1 atom stereocenters.